The Morgan fingerprint density at radius 2 is 1.90 bits per heavy atom. The Bertz CT molecular complexity index is 363. The van der Waals surface area contributed by atoms with Gasteiger partial charge in [-0.3, -0.25) is 9.59 Å². The molecule has 0 bridgehead atoms. The second-order valence-electron chi connectivity index (χ2n) is 6.66. The molecule has 1 saturated heterocycles. The van der Waals surface area contributed by atoms with Gasteiger partial charge in [-0.05, 0) is 31.1 Å². The summed E-state index contributed by atoms with van der Waals surface area (Å²) < 4.78 is 5.30. The second kappa shape index (κ2) is 7.75. The monoisotopic (exact) mass is 300 g/mol. The van der Waals surface area contributed by atoms with Crippen LogP contribution in [0.15, 0.2) is 0 Å². The highest BCUT2D eigenvalue weighted by molar-refractivity contribution is 5.83. The van der Waals surface area contributed by atoms with E-state index in [-0.39, 0.29) is 17.7 Å². The van der Waals surface area contributed by atoms with Crippen molar-refractivity contribution in [2.75, 3.05) is 26.3 Å². The van der Waals surface area contributed by atoms with Crippen LogP contribution in [0.3, 0.4) is 0 Å². The van der Waals surface area contributed by atoms with Gasteiger partial charge in [0.25, 0.3) is 0 Å². The molecule has 0 spiro atoms. The van der Waals surface area contributed by atoms with E-state index < -0.39 is 11.4 Å². The molecule has 0 unspecified atom stereocenters. The van der Waals surface area contributed by atoms with Gasteiger partial charge < -0.3 is 20.9 Å². The van der Waals surface area contributed by atoms with Gasteiger partial charge in [0.1, 0.15) is 0 Å². The van der Waals surface area contributed by atoms with E-state index in [2.05, 4.69) is 5.32 Å². The summed E-state index contributed by atoms with van der Waals surface area (Å²) in [6.45, 7) is 6.09. The van der Waals surface area contributed by atoms with Crippen molar-refractivity contribution in [2.24, 2.45) is 16.6 Å². The number of rotatable bonds is 8. The predicted octanol–water partition coefficient (Wildman–Crippen LogP) is 1.14. The zero-order valence-corrected chi connectivity index (χ0v) is 13.1. The van der Waals surface area contributed by atoms with Crippen LogP contribution in [0.4, 0.5) is 0 Å². The van der Waals surface area contributed by atoms with E-state index in [4.69, 9.17) is 15.6 Å². The lowest BCUT2D eigenvalue weighted by Gasteiger charge is -2.35. The summed E-state index contributed by atoms with van der Waals surface area (Å²) >= 11 is 0. The molecule has 0 atom stereocenters. The Kier molecular flexibility index (Phi) is 6.61. The van der Waals surface area contributed by atoms with Gasteiger partial charge in [0, 0.05) is 32.7 Å². The number of nitrogens with two attached hydrogens (primary N) is 1. The molecule has 0 aromatic rings. The van der Waals surface area contributed by atoms with Crippen LogP contribution in [0.25, 0.3) is 0 Å². The van der Waals surface area contributed by atoms with E-state index >= 15 is 0 Å². The van der Waals surface area contributed by atoms with Crippen molar-refractivity contribution < 1.29 is 19.4 Å². The van der Waals surface area contributed by atoms with Gasteiger partial charge in [-0.2, -0.15) is 0 Å². The molecule has 6 heteroatoms. The zero-order chi connectivity index (χ0) is 15.9. The average Bonchev–Trinajstić information content (AvgIpc) is 2.45. The van der Waals surface area contributed by atoms with Gasteiger partial charge in [0.2, 0.25) is 5.91 Å². The maximum atomic E-state index is 12.4. The Morgan fingerprint density at radius 3 is 2.43 bits per heavy atom. The summed E-state index contributed by atoms with van der Waals surface area (Å²) in [5, 5.41) is 11.7. The summed E-state index contributed by atoms with van der Waals surface area (Å²) in [6, 6.07) is 0. The maximum Gasteiger partial charge on any atom is 0.303 e. The fourth-order valence-corrected chi connectivity index (χ4v) is 2.56. The SMILES string of the molecule is CC(C)(CCNC(=O)C1(CN)CCOCC1)CCC(=O)O. The van der Waals surface area contributed by atoms with Crippen LogP contribution in [0, 0.1) is 10.8 Å². The minimum absolute atomic E-state index is 0.00216. The van der Waals surface area contributed by atoms with Gasteiger partial charge in [0.15, 0.2) is 0 Å². The molecule has 6 nitrogen and oxygen atoms in total. The van der Waals surface area contributed by atoms with Crippen LogP contribution in [0.5, 0.6) is 0 Å². The molecular formula is C15H28N2O4. The van der Waals surface area contributed by atoms with E-state index in [1.165, 1.54) is 0 Å². The third kappa shape index (κ3) is 5.63. The molecule has 21 heavy (non-hydrogen) atoms. The first kappa shape index (κ1) is 17.9. The lowest BCUT2D eigenvalue weighted by atomic mass is 9.79. The minimum atomic E-state index is -0.781. The number of carbonyl (C=O) groups is 2. The molecule has 1 amide bonds. The normalized spacial score (nSPS) is 18.2. The van der Waals surface area contributed by atoms with Crippen molar-refractivity contribution >= 4 is 11.9 Å². The lowest BCUT2D eigenvalue weighted by molar-refractivity contribution is -0.138. The Morgan fingerprint density at radius 1 is 1.29 bits per heavy atom. The van der Waals surface area contributed by atoms with Gasteiger partial charge in [-0.25, -0.2) is 0 Å². The largest absolute Gasteiger partial charge is 0.481 e. The number of ether oxygens (including phenoxy) is 1. The van der Waals surface area contributed by atoms with Crippen LogP contribution in [-0.2, 0) is 14.3 Å². The molecule has 1 heterocycles. The molecule has 0 aromatic heterocycles. The van der Waals surface area contributed by atoms with E-state index in [0.29, 0.717) is 45.6 Å². The number of carbonyl (C=O) groups excluding carboxylic acids is 1. The van der Waals surface area contributed by atoms with Crippen molar-refractivity contribution in [3.8, 4) is 0 Å². The summed E-state index contributed by atoms with van der Waals surface area (Å²) in [7, 11) is 0. The standard InChI is InChI=1S/C15H28N2O4/c1-14(2,4-3-12(18)19)5-8-17-13(20)15(11-16)6-9-21-10-7-15/h3-11,16H2,1-2H3,(H,17,20)(H,18,19). The zero-order valence-electron chi connectivity index (χ0n) is 13.1. The smallest absolute Gasteiger partial charge is 0.303 e. The van der Waals surface area contributed by atoms with Crippen LogP contribution in [-0.4, -0.2) is 43.3 Å². The molecule has 0 saturated carbocycles. The van der Waals surface area contributed by atoms with Crippen LogP contribution >= 0.6 is 0 Å². The van der Waals surface area contributed by atoms with Crippen molar-refractivity contribution in [1.29, 1.82) is 0 Å². The number of carboxylic acids is 1. The molecule has 1 aliphatic rings. The highest BCUT2D eigenvalue weighted by atomic mass is 16.5. The van der Waals surface area contributed by atoms with E-state index in [9.17, 15) is 9.59 Å². The van der Waals surface area contributed by atoms with Crippen LogP contribution in [0.1, 0.15) is 46.0 Å². The Labute approximate surface area is 126 Å². The van der Waals surface area contributed by atoms with Gasteiger partial charge in [-0.1, -0.05) is 13.8 Å². The second-order valence-corrected chi connectivity index (χ2v) is 6.66. The molecule has 1 fully saturated rings. The molecule has 0 aliphatic carbocycles. The Hall–Kier alpha value is -1.14. The summed E-state index contributed by atoms with van der Waals surface area (Å²) in [4.78, 5) is 23.0. The summed E-state index contributed by atoms with van der Waals surface area (Å²) in [6.07, 6.45) is 2.84. The number of nitrogens with one attached hydrogen (secondary N) is 1. The van der Waals surface area contributed by atoms with Crippen LogP contribution in [0.2, 0.25) is 0 Å². The summed E-state index contributed by atoms with van der Waals surface area (Å²) in [5.41, 5.74) is 5.20. The van der Waals surface area contributed by atoms with Crippen molar-refractivity contribution in [2.45, 2.75) is 46.0 Å². The van der Waals surface area contributed by atoms with Gasteiger partial charge >= 0.3 is 5.97 Å². The van der Waals surface area contributed by atoms with Crippen LogP contribution < -0.4 is 11.1 Å². The number of amides is 1. The number of hydrogen-bond donors (Lipinski definition) is 3. The van der Waals surface area contributed by atoms with E-state index in [0.717, 1.165) is 6.42 Å². The third-order valence-electron chi connectivity index (χ3n) is 4.43. The maximum absolute atomic E-state index is 12.4. The topological polar surface area (TPSA) is 102 Å². The first-order chi connectivity index (χ1) is 9.81. The van der Waals surface area contributed by atoms with Crippen molar-refractivity contribution in [3.63, 3.8) is 0 Å². The molecule has 1 aliphatic heterocycles. The molecule has 4 N–H and O–H groups in total. The lowest BCUT2D eigenvalue weighted by Crippen LogP contribution is -2.49. The highest BCUT2D eigenvalue weighted by Crippen LogP contribution is 2.30. The number of hydrogen-bond acceptors (Lipinski definition) is 4. The highest BCUT2D eigenvalue weighted by Gasteiger charge is 2.38. The van der Waals surface area contributed by atoms with E-state index in [1.807, 2.05) is 13.8 Å². The minimum Gasteiger partial charge on any atom is -0.481 e. The Balaban J connectivity index is 2.39. The predicted molar refractivity (Wildman–Crippen MR) is 79.8 cm³/mol. The van der Waals surface area contributed by atoms with Gasteiger partial charge in [-0.15, -0.1) is 0 Å². The number of carboxylic acid groups (broad SMARTS) is 1. The van der Waals surface area contributed by atoms with Crippen molar-refractivity contribution in [1.82, 2.24) is 5.32 Å². The summed E-state index contributed by atoms with van der Waals surface area (Å²) in [5.74, 6) is -0.779. The molecular weight excluding hydrogens is 272 g/mol. The third-order valence-corrected chi connectivity index (χ3v) is 4.43. The fourth-order valence-electron chi connectivity index (χ4n) is 2.56. The first-order valence-corrected chi connectivity index (χ1v) is 7.59. The van der Waals surface area contributed by atoms with Crippen molar-refractivity contribution in [3.05, 3.63) is 0 Å². The first-order valence-electron chi connectivity index (χ1n) is 7.59. The molecule has 0 aromatic carbocycles. The molecule has 0 radical (unpaired) electrons. The molecule has 1 rings (SSSR count). The quantitative estimate of drug-likeness (QED) is 0.624. The average molecular weight is 300 g/mol. The molecule has 122 valence electrons. The fraction of sp³-hybridized carbons (Fsp3) is 0.867. The van der Waals surface area contributed by atoms with Gasteiger partial charge in [0.05, 0.1) is 5.41 Å². The van der Waals surface area contributed by atoms with E-state index in [1.54, 1.807) is 0 Å². The number of aliphatic carboxylic acids is 1.